The Kier molecular flexibility index (Phi) is 6.21. The second-order valence-electron chi connectivity index (χ2n) is 5.32. The van der Waals surface area contributed by atoms with Crippen molar-refractivity contribution in [1.82, 2.24) is 10.2 Å². The molecule has 3 atom stereocenters. The van der Waals surface area contributed by atoms with Crippen LogP contribution in [0.3, 0.4) is 0 Å². The number of carbonyl (C=O) groups excluding carboxylic acids is 1. The number of hydrogen-bond donors (Lipinski definition) is 1. The van der Waals surface area contributed by atoms with Gasteiger partial charge in [-0.05, 0) is 13.8 Å². The van der Waals surface area contributed by atoms with Gasteiger partial charge in [0.1, 0.15) is 6.17 Å². The van der Waals surface area contributed by atoms with Crippen LogP contribution in [-0.4, -0.2) is 46.1 Å². The second kappa shape index (κ2) is 6.81. The number of amides is 1. The smallest absolute Gasteiger partial charge is 0.223 e. The molecule has 0 saturated carbocycles. The van der Waals surface area contributed by atoms with Crippen molar-refractivity contribution in [3.63, 3.8) is 0 Å². The van der Waals surface area contributed by atoms with Gasteiger partial charge in [0.05, 0.1) is 12.2 Å². The van der Waals surface area contributed by atoms with Crippen molar-refractivity contribution in [3.8, 4) is 0 Å². The summed E-state index contributed by atoms with van der Waals surface area (Å²) >= 11 is 18.0. The van der Waals surface area contributed by atoms with E-state index in [-0.39, 0.29) is 24.0 Å². The van der Waals surface area contributed by atoms with Gasteiger partial charge in [0, 0.05) is 19.0 Å². The van der Waals surface area contributed by atoms with Crippen LogP contribution in [0.5, 0.6) is 0 Å². The third kappa shape index (κ3) is 5.27. The summed E-state index contributed by atoms with van der Waals surface area (Å²) in [4.78, 5) is 13.8. The topological polar surface area (TPSA) is 41.6 Å². The first-order chi connectivity index (χ1) is 8.61. The van der Waals surface area contributed by atoms with E-state index in [0.29, 0.717) is 13.1 Å². The highest BCUT2D eigenvalue weighted by Crippen LogP contribution is 2.33. The molecule has 1 aliphatic heterocycles. The van der Waals surface area contributed by atoms with Crippen LogP contribution in [0.15, 0.2) is 0 Å². The molecule has 112 valence electrons. The monoisotopic (exact) mass is 330 g/mol. The molecule has 0 unspecified atom stereocenters. The number of rotatable bonds is 3. The maximum atomic E-state index is 11.9. The molecular formula is C12H21Cl3N2O2. The number of nitrogens with one attached hydrogen (secondary N) is 1. The fourth-order valence-corrected chi connectivity index (χ4v) is 2.69. The Labute approximate surface area is 129 Å². The Morgan fingerprint density at radius 2 is 1.74 bits per heavy atom. The van der Waals surface area contributed by atoms with Crippen molar-refractivity contribution in [2.24, 2.45) is 5.92 Å². The fraction of sp³-hybridized carbons (Fsp3) is 0.917. The normalized spacial score (nSPS) is 27.4. The highest BCUT2D eigenvalue weighted by Gasteiger charge is 2.41. The molecule has 19 heavy (non-hydrogen) atoms. The van der Waals surface area contributed by atoms with Gasteiger partial charge in [-0.2, -0.15) is 0 Å². The lowest BCUT2D eigenvalue weighted by atomic mass is 10.2. The molecule has 0 radical (unpaired) electrons. The van der Waals surface area contributed by atoms with E-state index in [9.17, 15) is 4.79 Å². The minimum Gasteiger partial charge on any atom is -0.373 e. The number of ether oxygens (including phenoxy) is 1. The SMILES string of the molecule is CC(C)C(=O)N[C@H](N1C[C@@H](C)O[C@@H](C)C1)C(Cl)(Cl)Cl. The van der Waals surface area contributed by atoms with E-state index >= 15 is 0 Å². The summed E-state index contributed by atoms with van der Waals surface area (Å²) in [5.41, 5.74) is 0. The van der Waals surface area contributed by atoms with Crippen LogP contribution in [0.4, 0.5) is 0 Å². The average Bonchev–Trinajstić information content (AvgIpc) is 2.21. The maximum Gasteiger partial charge on any atom is 0.223 e. The summed E-state index contributed by atoms with van der Waals surface area (Å²) in [7, 11) is 0. The first-order valence-corrected chi connectivity index (χ1v) is 7.51. The van der Waals surface area contributed by atoms with Crippen LogP contribution in [0.2, 0.25) is 0 Å². The number of alkyl halides is 3. The van der Waals surface area contributed by atoms with Crippen molar-refractivity contribution >= 4 is 40.7 Å². The van der Waals surface area contributed by atoms with Gasteiger partial charge in [-0.15, -0.1) is 0 Å². The van der Waals surface area contributed by atoms with Crippen LogP contribution >= 0.6 is 34.8 Å². The van der Waals surface area contributed by atoms with Gasteiger partial charge >= 0.3 is 0 Å². The van der Waals surface area contributed by atoms with E-state index < -0.39 is 9.96 Å². The summed E-state index contributed by atoms with van der Waals surface area (Å²) in [5.74, 6) is -0.297. The van der Waals surface area contributed by atoms with Crippen LogP contribution < -0.4 is 5.32 Å². The van der Waals surface area contributed by atoms with E-state index in [1.807, 2.05) is 18.7 Å². The molecule has 0 bridgehead atoms. The van der Waals surface area contributed by atoms with Crippen LogP contribution in [0.1, 0.15) is 27.7 Å². The zero-order chi connectivity index (χ0) is 14.8. The molecule has 7 heteroatoms. The summed E-state index contributed by atoms with van der Waals surface area (Å²) in [6.45, 7) is 8.75. The Bertz CT molecular complexity index is 311. The summed E-state index contributed by atoms with van der Waals surface area (Å²) in [6.07, 6.45) is -0.578. The average molecular weight is 332 g/mol. The molecule has 0 spiro atoms. The minimum atomic E-state index is -1.58. The maximum absolute atomic E-state index is 11.9. The lowest BCUT2D eigenvalue weighted by Gasteiger charge is -2.42. The van der Waals surface area contributed by atoms with Gasteiger partial charge in [-0.25, -0.2) is 0 Å². The quantitative estimate of drug-likeness (QED) is 0.808. The fourth-order valence-electron chi connectivity index (χ4n) is 2.11. The zero-order valence-corrected chi connectivity index (χ0v) is 13.9. The van der Waals surface area contributed by atoms with E-state index in [1.165, 1.54) is 0 Å². The molecule has 4 nitrogen and oxygen atoms in total. The van der Waals surface area contributed by atoms with Gasteiger partial charge in [-0.3, -0.25) is 9.69 Å². The van der Waals surface area contributed by atoms with E-state index in [4.69, 9.17) is 39.5 Å². The Balaban J connectivity index is 2.82. The van der Waals surface area contributed by atoms with E-state index in [2.05, 4.69) is 5.32 Å². The van der Waals surface area contributed by atoms with Gasteiger partial charge in [0.25, 0.3) is 0 Å². The number of halogens is 3. The number of hydrogen-bond acceptors (Lipinski definition) is 3. The number of carbonyl (C=O) groups is 1. The van der Waals surface area contributed by atoms with Crippen molar-refractivity contribution in [2.75, 3.05) is 13.1 Å². The Hall–Kier alpha value is 0.260. The van der Waals surface area contributed by atoms with Crippen molar-refractivity contribution < 1.29 is 9.53 Å². The zero-order valence-electron chi connectivity index (χ0n) is 11.6. The van der Waals surface area contributed by atoms with Crippen molar-refractivity contribution in [3.05, 3.63) is 0 Å². The molecular weight excluding hydrogens is 311 g/mol. The molecule has 1 rings (SSSR count). The third-order valence-electron chi connectivity index (χ3n) is 2.93. The van der Waals surface area contributed by atoms with Crippen LogP contribution in [0.25, 0.3) is 0 Å². The number of nitrogens with zero attached hydrogens (tertiary/aromatic N) is 1. The first-order valence-electron chi connectivity index (χ1n) is 6.38. The lowest BCUT2D eigenvalue weighted by molar-refractivity contribution is -0.129. The molecule has 1 saturated heterocycles. The largest absolute Gasteiger partial charge is 0.373 e. The van der Waals surface area contributed by atoms with Gasteiger partial charge in [0.15, 0.2) is 0 Å². The molecule has 1 aliphatic rings. The van der Waals surface area contributed by atoms with Gasteiger partial charge in [0.2, 0.25) is 9.70 Å². The van der Waals surface area contributed by atoms with Crippen LogP contribution in [0, 0.1) is 5.92 Å². The summed E-state index contributed by atoms with van der Waals surface area (Å²) in [5, 5.41) is 2.80. The molecule has 0 aliphatic carbocycles. The van der Waals surface area contributed by atoms with E-state index in [1.54, 1.807) is 13.8 Å². The number of morpholine rings is 1. The van der Waals surface area contributed by atoms with Crippen molar-refractivity contribution in [2.45, 2.75) is 49.9 Å². The molecule has 1 heterocycles. The summed E-state index contributed by atoms with van der Waals surface area (Å²) in [6, 6.07) is 0. The molecule has 0 aromatic rings. The lowest BCUT2D eigenvalue weighted by Crippen LogP contribution is -2.61. The predicted molar refractivity (Wildman–Crippen MR) is 78.6 cm³/mol. The Morgan fingerprint density at radius 3 is 2.11 bits per heavy atom. The van der Waals surface area contributed by atoms with Gasteiger partial charge in [-0.1, -0.05) is 48.7 Å². The molecule has 0 aromatic carbocycles. The highest BCUT2D eigenvalue weighted by atomic mass is 35.6. The molecule has 1 amide bonds. The van der Waals surface area contributed by atoms with Crippen molar-refractivity contribution in [1.29, 1.82) is 0 Å². The first kappa shape index (κ1) is 17.3. The highest BCUT2D eigenvalue weighted by molar-refractivity contribution is 6.68. The predicted octanol–water partition coefficient (Wildman–Crippen LogP) is 2.56. The second-order valence-corrected chi connectivity index (χ2v) is 7.69. The Morgan fingerprint density at radius 1 is 1.26 bits per heavy atom. The third-order valence-corrected chi connectivity index (χ3v) is 3.55. The minimum absolute atomic E-state index is 0.0366. The van der Waals surface area contributed by atoms with Crippen LogP contribution in [-0.2, 0) is 9.53 Å². The standard InChI is InChI=1S/C12H21Cl3N2O2/c1-7(2)10(18)16-11(12(13,14)15)17-5-8(3)19-9(4)6-17/h7-9,11H,5-6H2,1-4H3,(H,16,18)/t8-,9+,11-/m1/s1. The molecule has 1 fully saturated rings. The molecule has 0 aromatic heterocycles. The van der Waals surface area contributed by atoms with Gasteiger partial charge < -0.3 is 10.1 Å². The molecule has 1 N–H and O–H groups in total. The van der Waals surface area contributed by atoms with E-state index in [0.717, 1.165) is 0 Å². The summed E-state index contributed by atoms with van der Waals surface area (Å²) < 4.78 is 4.07.